The third-order valence-electron chi connectivity index (χ3n) is 2.57. The minimum Gasteiger partial charge on any atom is -0.481 e. The van der Waals surface area contributed by atoms with Crippen molar-refractivity contribution in [2.24, 2.45) is 5.92 Å². The highest BCUT2D eigenvalue weighted by atomic mass is 16.4. The highest BCUT2D eigenvalue weighted by molar-refractivity contribution is 5.70. The van der Waals surface area contributed by atoms with Gasteiger partial charge in [0.25, 0.3) is 0 Å². The lowest BCUT2D eigenvalue weighted by molar-refractivity contribution is -0.143. The Morgan fingerprint density at radius 2 is 2.36 bits per heavy atom. The predicted molar refractivity (Wildman–Crippen MR) is 56.1 cm³/mol. The van der Waals surface area contributed by atoms with E-state index in [1.165, 1.54) is 0 Å². The fraction of sp³-hybridized carbons (Fsp3) is 0.545. The molecule has 3 nitrogen and oxygen atoms in total. The van der Waals surface area contributed by atoms with E-state index in [0.717, 1.165) is 31.5 Å². The number of hydrogen-bond acceptors (Lipinski definition) is 2. The van der Waals surface area contributed by atoms with Crippen LogP contribution in [0.15, 0.2) is 24.8 Å². The Kier molecular flexibility index (Phi) is 3.89. The highest BCUT2D eigenvalue weighted by Crippen LogP contribution is 2.17. The maximum Gasteiger partial charge on any atom is 0.307 e. The normalized spacial score (nSPS) is 23.0. The molecule has 0 bridgehead atoms. The van der Waals surface area contributed by atoms with Crippen molar-refractivity contribution < 1.29 is 9.90 Å². The Bertz CT molecular complexity index is 248. The summed E-state index contributed by atoms with van der Waals surface area (Å²) in [6, 6.07) is 0. The fourth-order valence-corrected chi connectivity index (χ4v) is 1.75. The van der Waals surface area contributed by atoms with Crippen molar-refractivity contribution in [3.63, 3.8) is 0 Å². The Hall–Kier alpha value is -1.09. The van der Waals surface area contributed by atoms with Crippen LogP contribution in [0.4, 0.5) is 0 Å². The average Bonchev–Trinajstić information content (AvgIpc) is 2.18. The Morgan fingerprint density at radius 3 is 2.93 bits per heavy atom. The minimum atomic E-state index is -0.682. The quantitative estimate of drug-likeness (QED) is 0.691. The van der Waals surface area contributed by atoms with E-state index in [1.54, 1.807) is 6.08 Å². The monoisotopic (exact) mass is 195 g/mol. The SMILES string of the molecule is C=CC(=C)CN1CCCC(C(=O)O)C1. The smallest absolute Gasteiger partial charge is 0.307 e. The lowest BCUT2D eigenvalue weighted by atomic mass is 9.98. The second-order valence-electron chi connectivity index (χ2n) is 3.77. The zero-order valence-electron chi connectivity index (χ0n) is 8.41. The van der Waals surface area contributed by atoms with E-state index in [4.69, 9.17) is 5.11 Å². The second-order valence-corrected chi connectivity index (χ2v) is 3.77. The molecule has 3 heteroatoms. The molecular formula is C11H17NO2. The van der Waals surface area contributed by atoms with Crippen LogP contribution in [0.2, 0.25) is 0 Å². The third-order valence-corrected chi connectivity index (χ3v) is 2.57. The molecule has 1 aliphatic heterocycles. The van der Waals surface area contributed by atoms with Crippen molar-refractivity contribution >= 4 is 5.97 Å². The summed E-state index contributed by atoms with van der Waals surface area (Å²) in [6.07, 6.45) is 3.48. The summed E-state index contributed by atoms with van der Waals surface area (Å²) in [5.74, 6) is -0.889. The van der Waals surface area contributed by atoms with Gasteiger partial charge in [-0.2, -0.15) is 0 Å². The van der Waals surface area contributed by atoms with Crippen molar-refractivity contribution in [1.82, 2.24) is 4.90 Å². The van der Waals surface area contributed by atoms with Gasteiger partial charge in [-0.1, -0.05) is 19.2 Å². The van der Waals surface area contributed by atoms with Crippen molar-refractivity contribution in [2.75, 3.05) is 19.6 Å². The van der Waals surface area contributed by atoms with E-state index in [0.29, 0.717) is 6.54 Å². The Morgan fingerprint density at radius 1 is 1.64 bits per heavy atom. The lowest BCUT2D eigenvalue weighted by Crippen LogP contribution is -2.39. The van der Waals surface area contributed by atoms with Gasteiger partial charge in [0.15, 0.2) is 0 Å². The summed E-state index contributed by atoms with van der Waals surface area (Å²) >= 11 is 0. The summed E-state index contributed by atoms with van der Waals surface area (Å²) < 4.78 is 0. The van der Waals surface area contributed by atoms with E-state index < -0.39 is 5.97 Å². The van der Waals surface area contributed by atoms with E-state index in [-0.39, 0.29) is 5.92 Å². The first kappa shape index (κ1) is 11.0. The molecule has 1 unspecified atom stereocenters. The molecule has 1 heterocycles. The molecule has 14 heavy (non-hydrogen) atoms. The summed E-state index contributed by atoms with van der Waals surface area (Å²) in [6.45, 7) is 9.82. The van der Waals surface area contributed by atoms with E-state index in [1.807, 2.05) is 0 Å². The third kappa shape index (κ3) is 3.00. The van der Waals surface area contributed by atoms with Gasteiger partial charge in [0.05, 0.1) is 5.92 Å². The zero-order valence-corrected chi connectivity index (χ0v) is 8.41. The number of hydrogen-bond donors (Lipinski definition) is 1. The van der Waals surface area contributed by atoms with Crippen LogP contribution in [0, 0.1) is 5.92 Å². The van der Waals surface area contributed by atoms with Crippen LogP contribution in [0.5, 0.6) is 0 Å². The molecule has 1 saturated heterocycles. The van der Waals surface area contributed by atoms with Gasteiger partial charge in [0.2, 0.25) is 0 Å². The van der Waals surface area contributed by atoms with Gasteiger partial charge in [-0.05, 0) is 25.0 Å². The summed E-state index contributed by atoms with van der Waals surface area (Å²) in [5.41, 5.74) is 0.955. The topological polar surface area (TPSA) is 40.5 Å². The molecule has 0 aliphatic carbocycles. The molecule has 1 fully saturated rings. The molecule has 78 valence electrons. The van der Waals surface area contributed by atoms with Gasteiger partial charge in [-0.15, -0.1) is 0 Å². The zero-order chi connectivity index (χ0) is 10.6. The van der Waals surface area contributed by atoms with E-state index >= 15 is 0 Å². The molecule has 1 rings (SSSR count). The number of likely N-dealkylation sites (tertiary alicyclic amines) is 1. The molecule has 0 saturated carbocycles. The highest BCUT2D eigenvalue weighted by Gasteiger charge is 2.24. The van der Waals surface area contributed by atoms with Crippen LogP contribution in [0.3, 0.4) is 0 Å². The van der Waals surface area contributed by atoms with Gasteiger partial charge in [-0.25, -0.2) is 0 Å². The van der Waals surface area contributed by atoms with Gasteiger partial charge in [0, 0.05) is 13.1 Å². The van der Waals surface area contributed by atoms with Gasteiger partial charge in [0.1, 0.15) is 0 Å². The maximum absolute atomic E-state index is 10.8. The number of carboxylic acid groups (broad SMARTS) is 1. The number of nitrogens with zero attached hydrogens (tertiary/aromatic N) is 1. The van der Waals surface area contributed by atoms with Crippen LogP contribution in [0.25, 0.3) is 0 Å². The summed E-state index contributed by atoms with van der Waals surface area (Å²) in [5, 5.41) is 8.88. The first-order chi connectivity index (χ1) is 6.63. The van der Waals surface area contributed by atoms with Crippen LogP contribution < -0.4 is 0 Å². The number of carboxylic acids is 1. The lowest BCUT2D eigenvalue weighted by Gasteiger charge is -2.30. The number of carbonyl (C=O) groups is 1. The van der Waals surface area contributed by atoms with Gasteiger partial charge >= 0.3 is 5.97 Å². The summed E-state index contributed by atoms with van der Waals surface area (Å²) in [7, 11) is 0. The maximum atomic E-state index is 10.8. The molecule has 1 aliphatic rings. The molecule has 0 aromatic rings. The Balaban J connectivity index is 2.43. The molecule has 1 atom stereocenters. The number of aliphatic carboxylic acids is 1. The van der Waals surface area contributed by atoms with E-state index in [9.17, 15) is 4.79 Å². The molecule has 0 aromatic carbocycles. The van der Waals surface area contributed by atoms with Crippen LogP contribution in [0.1, 0.15) is 12.8 Å². The summed E-state index contributed by atoms with van der Waals surface area (Å²) in [4.78, 5) is 12.9. The van der Waals surface area contributed by atoms with Crippen LogP contribution >= 0.6 is 0 Å². The van der Waals surface area contributed by atoms with E-state index in [2.05, 4.69) is 18.1 Å². The van der Waals surface area contributed by atoms with Crippen molar-refractivity contribution in [2.45, 2.75) is 12.8 Å². The minimum absolute atomic E-state index is 0.207. The predicted octanol–water partition coefficient (Wildman–Crippen LogP) is 1.53. The average molecular weight is 195 g/mol. The second kappa shape index (κ2) is 4.96. The van der Waals surface area contributed by atoms with Crippen LogP contribution in [-0.4, -0.2) is 35.6 Å². The molecular weight excluding hydrogens is 178 g/mol. The molecule has 0 aromatic heterocycles. The molecule has 0 spiro atoms. The number of piperidine rings is 1. The van der Waals surface area contributed by atoms with Gasteiger partial charge < -0.3 is 5.11 Å². The first-order valence-electron chi connectivity index (χ1n) is 4.89. The Labute approximate surface area is 84.7 Å². The van der Waals surface area contributed by atoms with Gasteiger partial charge in [-0.3, -0.25) is 9.69 Å². The molecule has 1 N–H and O–H groups in total. The van der Waals surface area contributed by atoms with Crippen molar-refractivity contribution in [1.29, 1.82) is 0 Å². The molecule has 0 amide bonds. The van der Waals surface area contributed by atoms with Crippen molar-refractivity contribution in [3.8, 4) is 0 Å². The van der Waals surface area contributed by atoms with Crippen LogP contribution in [-0.2, 0) is 4.79 Å². The molecule has 0 radical (unpaired) electrons. The van der Waals surface area contributed by atoms with Crippen molar-refractivity contribution in [3.05, 3.63) is 24.8 Å². The largest absolute Gasteiger partial charge is 0.481 e. The first-order valence-corrected chi connectivity index (χ1v) is 4.89. The standard InChI is InChI=1S/C11H17NO2/c1-3-9(2)7-12-6-4-5-10(8-12)11(13)14/h3,10H,1-2,4-8H2,(H,13,14). The number of rotatable bonds is 4. The fourth-order valence-electron chi connectivity index (χ4n) is 1.75.